The summed E-state index contributed by atoms with van der Waals surface area (Å²) >= 11 is 0. The Hall–Kier alpha value is -0.640. The van der Waals surface area contributed by atoms with E-state index >= 15 is 0 Å². The number of allylic oxidation sites excluding steroid dienone is 2. The number of hydrogen-bond acceptors (Lipinski definition) is 3. The van der Waals surface area contributed by atoms with Crippen molar-refractivity contribution in [3.8, 4) is 0 Å². The number of ether oxygens (including phenoxy) is 3. The Kier molecular flexibility index (Phi) is 4.90. The molecule has 0 aromatic heterocycles. The molecule has 10 atom stereocenters. The first-order valence-electron chi connectivity index (χ1n) is 12.3. The van der Waals surface area contributed by atoms with Crippen LogP contribution in [-0.2, 0) is 14.2 Å². The van der Waals surface area contributed by atoms with Gasteiger partial charge in [-0.05, 0) is 91.4 Å². The Balaban J connectivity index is 1.59. The normalized spacial score (nSPS) is 56.3. The lowest BCUT2D eigenvalue weighted by Gasteiger charge is -2.56. The first-order chi connectivity index (χ1) is 14.2. The van der Waals surface area contributed by atoms with Gasteiger partial charge in [0.05, 0.1) is 0 Å². The van der Waals surface area contributed by atoms with Gasteiger partial charge >= 0.3 is 0 Å². The predicted octanol–water partition coefficient (Wildman–Crippen LogP) is 6.35. The molecule has 5 aliphatic rings. The van der Waals surface area contributed by atoms with E-state index < -0.39 is 5.79 Å². The SMILES string of the molecule is C=C(C)[C@H]1CC[C@@]2(C)CC[C@]3(C)C[C@H]4[C@@H](C)C[C@@]5(OC)O[C@H](OC)/C(=C/C[C@H]3[C@H]12)[C@@H]45. The third-order valence-electron chi connectivity index (χ3n) is 10.5. The van der Waals surface area contributed by atoms with Crippen molar-refractivity contribution in [3.05, 3.63) is 23.8 Å². The van der Waals surface area contributed by atoms with Gasteiger partial charge in [-0.1, -0.05) is 39.0 Å². The fourth-order valence-electron chi connectivity index (χ4n) is 8.99. The lowest BCUT2D eigenvalue weighted by Crippen LogP contribution is -2.48. The molecule has 4 aliphatic carbocycles. The predicted molar refractivity (Wildman–Crippen MR) is 120 cm³/mol. The molecule has 0 spiro atoms. The second-order valence-corrected chi connectivity index (χ2v) is 12.1. The summed E-state index contributed by atoms with van der Waals surface area (Å²) < 4.78 is 18.4. The van der Waals surface area contributed by atoms with Crippen LogP contribution >= 0.6 is 0 Å². The highest BCUT2D eigenvalue weighted by molar-refractivity contribution is 5.27. The number of fused-ring (bicyclic) bond motifs is 3. The molecular weight excluding hydrogens is 372 g/mol. The summed E-state index contributed by atoms with van der Waals surface area (Å²) in [6.45, 7) is 14.3. The average Bonchev–Trinajstić information content (AvgIpc) is 3.28. The molecule has 1 aliphatic heterocycles. The molecule has 4 fully saturated rings. The highest BCUT2D eigenvalue weighted by Crippen LogP contribution is 2.68. The van der Waals surface area contributed by atoms with Crippen molar-refractivity contribution < 1.29 is 14.2 Å². The Labute approximate surface area is 183 Å². The zero-order chi connectivity index (χ0) is 21.5. The van der Waals surface area contributed by atoms with E-state index in [2.05, 4.69) is 40.3 Å². The van der Waals surface area contributed by atoms with Gasteiger partial charge in [0.2, 0.25) is 0 Å². The van der Waals surface area contributed by atoms with E-state index in [1.54, 1.807) is 7.11 Å². The second kappa shape index (κ2) is 6.93. The summed E-state index contributed by atoms with van der Waals surface area (Å²) in [5, 5.41) is 0. The summed E-state index contributed by atoms with van der Waals surface area (Å²) in [6, 6.07) is 0. The van der Waals surface area contributed by atoms with Crippen molar-refractivity contribution in [3.63, 3.8) is 0 Å². The minimum Gasteiger partial charge on any atom is -0.352 e. The molecular formula is C27H42O3. The standard InChI is InChI=1S/C27H42O3/c1-16(2)18-10-11-25(4)12-13-26(5)15-20-17(3)14-27(29-7)22(20)19(24(28-6)30-27)8-9-21(26)23(18)25/h8,17-18,20-24H,1,9-15H2,2-7H3/b19-8+/t17-,18+,20-,21-,22-,23-,24-,25-,26+,27+/m0/s1. The maximum absolute atomic E-state index is 6.49. The van der Waals surface area contributed by atoms with Crippen LogP contribution in [0.3, 0.4) is 0 Å². The smallest absolute Gasteiger partial charge is 0.183 e. The lowest BCUT2D eigenvalue weighted by atomic mass is 9.49. The van der Waals surface area contributed by atoms with Crippen molar-refractivity contribution in [1.29, 1.82) is 0 Å². The molecule has 3 heteroatoms. The van der Waals surface area contributed by atoms with Crippen LogP contribution in [0.1, 0.15) is 72.6 Å². The highest BCUT2D eigenvalue weighted by atomic mass is 16.8. The Morgan fingerprint density at radius 1 is 1.13 bits per heavy atom. The number of rotatable bonds is 3. The maximum Gasteiger partial charge on any atom is 0.183 e. The Morgan fingerprint density at radius 3 is 2.53 bits per heavy atom. The van der Waals surface area contributed by atoms with E-state index in [4.69, 9.17) is 14.2 Å². The molecule has 3 nitrogen and oxygen atoms in total. The van der Waals surface area contributed by atoms with Gasteiger partial charge < -0.3 is 14.2 Å². The molecule has 0 bridgehead atoms. The zero-order valence-electron chi connectivity index (χ0n) is 20.0. The van der Waals surface area contributed by atoms with Gasteiger partial charge in [0.15, 0.2) is 12.1 Å². The van der Waals surface area contributed by atoms with E-state index in [0.717, 1.165) is 24.7 Å². The topological polar surface area (TPSA) is 27.7 Å². The van der Waals surface area contributed by atoms with Crippen LogP contribution in [0.2, 0.25) is 0 Å². The lowest BCUT2D eigenvalue weighted by molar-refractivity contribution is -0.262. The van der Waals surface area contributed by atoms with E-state index in [0.29, 0.717) is 34.5 Å². The monoisotopic (exact) mass is 414 g/mol. The van der Waals surface area contributed by atoms with Crippen molar-refractivity contribution >= 4 is 0 Å². The first-order valence-corrected chi connectivity index (χ1v) is 12.3. The summed E-state index contributed by atoms with van der Waals surface area (Å²) in [5.74, 6) is 3.24. The molecule has 0 radical (unpaired) electrons. The molecule has 1 heterocycles. The summed E-state index contributed by atoms with van der Waals surface area (Å²) in [5.41, 5.74) is 3.65. The summed E-state index contributed by atoms with van der Waals surface area (Å²) in [4.78, 5) is 0. The number of hydrogen-bond donors (Lipinski definition) is 0. The van der Waals surface area contributed by atoms with Gasteiger partial charge in [-0.25, -0.2) is 0 Å². The van der Waals surface area contributed by atoms with Crippen LogP contribution in [0.25, 0.3) is 0 Å². The molecule has 5 rings (SSSR count). The Morgan fingerprint density at radius 2 is 1.87 bits per heavy atom. The Bertz CT molecular complexity index is 757. The first kappa shape index (κ1) is 21.2. The van der Waals surface area contributed by atoms with Gasteiger partial charge in [0, 0.05) is 26.6 Å². The third kappa shape index (κ3) is 2.74. The van der Waals surface area contributed by atoms with Crippen molar-refractivity contribution in [1.82, 2.24) is 0 Å². The molecule has 0 N–H and O–H groups in total. The van der Waals surface area contributed by atoms with E-state index in [1.165, 1.54) is 43.3 Å². The molecule has 0 amide bonds. The fourth-order valence-corrected chi connectivity index (χ4v) is 8.99. The van der Waals surface area contributed by atoms with Gasteiger partial charge in [0.25, 0.3) is 0 Å². The minimum absolute atomic E-state index is 0.246. The van der Waals surface area contributed by atoms with Crippen LogP contribution in [0.5, 0.6) is 0 Å². The molecule has 3 saturated carbocycles. The largest absolute Gasteiger partial charge is 0.352 e. The van der Waals surface area contributed by atoms with Crippen LogP contribution in [0, 0.1) is 46.3 Å². The maximum atomic E-state index is 6.49. The molecule has 0 aromatic rings. The van der Waals surface area contributed by atoms with Crippen LogP contribution in [0.4, 0.5) is 0 Å². The van der Waals surface area contributed by atoms with E-state index in [-0.39, 0.29) is 6.29 Å². The third-order valence-corrected chi connectivity index (χ3v) is 10.5. The molecule has 30 heavy (non-hydrogen) atoms. The summed E-state index contributed by atoms with van der Waals surface area (Å²) in [7, 11) is 3.61. The van der Waals surface area contributed by atoms with Crippen molar-refractivity contribution in [2.45, 2.75) is 84.7 Å². The number of methoxy groups -OCH3 is 2. The van der Waals surface area contributed by atoms with E-state index in [1.807, 2.05) is 7.11 Å². The zero-order valence-corrected chi connectivity index (χ0v) is 20.0. The molecule has 0 unspecified atom stereocenters. The van der Waals surface area contributed by atoms with Gasteiger partial charge in [-0.2, -0.15) is 0 Å². The van der Waals surface area contributed by atoms with Crippen LogP contribution in [-0.4, -0.2) is 26.3 Å². The van der Waals surface area contributed by atoms with Crippen LogP contribution < -0.4 is 0 Å². The van der Waals surface area contributed by atoms with Gasteiger partial charge in [-0.3, -0.25) is 0 Å². The van der Waals surface area contributed by atoms with Crippen LogP contribution in [0.15, 0.2) is 23.8 Å². The molecule has 1 saturated heterocycles. The van der Waals surface area contributed by atoms with Crippen molar-refractivity contribution in [2.24, 2.45) is 46.3 Å². The fraction of sp³-hybridized carbons (Fsp3) is 0.852. The quantitative estimate of drug-likeness (QED) is 0.504. The van der Waals surface area contributed by atoms with Gasteiger partial charge in [-0.15, -0.1) is 0 Å². The average molecular weight is 415 g/mol. The van der Waals surface area contributed by atoms with Gasteiger partial charge in [0.1, 0.15) is 0 Å². The van der Waals surface area contributed by atoms with E-state index in [9.17, 15) is 0 Å². The molecule has 168 valence electrons. The minimum atomic E-state index is -0.490. The molecule has 0 aromatic carbocycles. The van der Waals surface area contributed by atoms with Crippen molar-refractivity contribution in [2.75, 3.05) is 14.2 Å². The second-order valence-electron chi connectivity index (χ2n) is 12.1. The summed E-state index contributed by atoms with van der Waals surface area (Å²) in [6.07, 6.45) is 11.2. The highest BCUT2D eigenvalue weighted by Gasteiger charge is 2.65.